The fourth-order valence-corrected chi connectivity index (χ4v) is 4.78. The van der Waals surface area contributed by atoms with Gasteiger partial charge in [-0.05, 0) is 60.9 Å². The van der Waals surface area contributed by atoms with Crippen molar-refractivity contribution in [1.82, 2.24) is 15.2 Å². The Hall–Kier alpha value is -2.71. The van der Waals surface area contributed by atoms with E-state index in [2.05, 4.69) is 46.7 Å². The highest BCUT2D eigenvalue weighted by atomic mass is 16.2. The van der Waals surface area contributed by atoms with Crippen molar-refractivity contribution in [3.63, 3.8) is 0 Å². The molecule has 1 aromatic carbocycles. The molecule has 1 spiro atoms. The van der Waals surface area contributed by atoms with Crippen LogP contribution in [0.5, 0.6) is 0 Å². The Morgan fingerprint density at radius 2 is 1.93 bits per heavy atom. The lowest BCUT2D eigenvalue weighted by Crippen LogP contribution is -2.47. The Kier molecular flexibility index (Phi) is 3.82. The summed E-state index contributed by atoms with van der Waals surface area (Å²) in [5.41, 5.74) is 3.73. The number of carbonyl (C=O) groups is 1. The van der Waals surface area contributed by atoms with Gasteiger partial charge in [-0.1, -0.05) is 24.3 Å². The number of hydrogen-bond donors (Lipinski definition) is 1. The standard InChI is InChI=1S/C23H24N4O/c1-27-13-11-23(21(27)28)8-6-19(26-23)20-14-17(7-12-25-20)16-2-4-18(5-3-16)22(15-24)9-10-22/h2-5,7,12,14,19,26H,6,8-11,13H2,1H3. The Morgan fingerprint density at radius 1 is 1.14 bits per heavy atom. The van der Waals surface area contributed by atoms with Crippen LogP contribution in [-0.4, -0.2) is 34.9 Å². The van der Waals surface area contributed by atoms with Crippen LogP contribution in [0.3, 0.4) is 0 Å². The SMILES string of the molecule is CN1CCC2(CCC(c3cc(-c4ccc(C5(C#N)CC5)cc4)ccn3)N2)C1=O. The summed E-state index contributed by atoms with van der Waals surface area (Å²) < 4.78 is 0. The monoisotopic (exact) mass is 372 g/mol. The second-order valence-electron chi connectivity index (χ2n) is 8.54. The van der Waals surface area contributed by atoms with Crippen molar-refractivity contribution in [3.05, 3.63) is 53.9 Å². The van der Waals surface area contributed by atoms with Gasteiger partial charge >= 0.3 is 0 Å². The summed E-state index contributed by atoms with van der Waals surface area (Å²) in [6, 6.07) is 15.1. The zero-order valence-electron chi connectivity index (χ0n) is 16.1. The second kappa shape index (κ2) is 6.15. The molecule has 5 heteroatoms. The molecule has 2 saturated heterocycles. The van der Waals surface area contributed by atoms with Crippen molar-refractivity contribution in [1.29, 1.82) is 5.26 Å². The minimum absolute atomic E-state index is 0.114. The van der Waals surface area contributed by atoms with E-state index in [1.807, 2.05) is 24.2 Å². The maximum atomic E-state index is 12.6. The Morgan fingerprint density at radius 3 is 2.57 bits per heavy atom. The fraction of sp³-hybridized carbons (Fsp3) is 0.435. The first kappa shape index (κ1) is 17.4. The van der Waals surface area contributed by atoms with Gasteiger partial charge < -0.3 is 4.90 Å². The number of likely N-dealkylation sites (N-methyl/N-ethyl adjacent to an activating group) is 1. The lowest BCUT2D eigenvalue weighted by molar-refractivity contribution is -0.131. The van der Waals surface area contributed by atoms with Crippen molar-refractivity contribution in [2.75, 3.05) is 13.6 Å². The van der Waals surface area contributed by atoms with Crippen LogP contribution in [0.1, 0.15) is 49.4 Å². The highest BCUT2D eigenvalue weighted by molar-refractivity contribution is 5.88. The normalized spacial score (nSPS) is 27.9. The van der Waals surface area contributed by atoms with Gasteiger partial charge in [-0.15, -0.1) is 0 Å². The van der Waals surface area contributed by atoms with E-state index in [1.54, 1.807) is 0 Å². The molecular weight excluding hydrogens is 348 g/mol. The summed E-state index contributed by atoms with van der Waals surface area (Å²) in [5, 5.41) is 13.0. The number of nitriles is 1. The van der Waals surface area contributed by atoms with E-state index in [0.717, 1.165) is 61.0 Å². The van der Waals surface area contributed by atoms with Gasteiger partial charge in [-0.25, -0.2) is 0 Å². The molecule has 1 aliphatic carbocycles. The van der Waals surface area contributed by atoms with Gasteiger partial charge in [0.15, 0.2) is 0 Å². The van der Waals surface area contributed by atoms with Crippen LogP contribution in [0.4, 0.5) is 0 Å². The van der Waals surface area contributed by atoms with Gasteiger partial charge in [0.25, 0.3) is 0 Å². The number of carbonyl (C=O) groups excluding carboxylic acids is 1. The van der Waals surface area contributed by atoms with Crippen molar-refractivity contribution in [3.8, 4) is 17.2 Å². The molecule has 0 bridgehead atoms. The zero-order chi connectivity index (χ0) is 19.4. The van der Waals surface area contributed by atoms with E-state index < -0.39 is 5.54 Å². The van der Waals surface area contributed by atoms with Gasteiger partial charge in [0.2, 0.25) is 5.91 Å². The van der Waals surface area contributed by atoms with E-state index >= 15 is 0 Å². The third-order valence-electron chi connectivity index (χ3n) is 6.81. The first-order valence-corrected chi connectivity index (χ1v) is 10.1. The van der Waals surface area contributed by atoms with Crippen molar-refractivity contribution < 1.29 is 4.79 Å². The van der Waals surface area contributed by atoms with Crippen molar-refractivity contribution >= 4 is 5.91 Å². The largest absolute Gasteiger partial charge is 0.344 e. The third kappa shape index (κ3) is 2.63. The lowest BCUT2D eigenvalue weighted by Gasteiger charge is -2.23. The quantitative estimate of drug-likeness (QED) is 0.897. The summed E-state index contributed by atoms with van der Waals surface area (Å²) in [5.74, 6) is 0.216. The van der Waals surface area contributed by atoms with Gasteiger partial charge in [0, 0.05) is 19.8 Å². The number of hydrogen-bond acceptors (Lipinski definition) is 4. The van der Waals surface area contributed by atoms with Gasteiger partial charge in [-0.2, -0.15) is 5.26 Å². The minimum atomic E-state index is -0.394. The molecule has 1 saturated carbocycles. The average Bonchev–Trinajstić information content (AvgIpc) is 3.35. The number of rotatable bonds is 3. The first-order valence-electron chi connectivity index (χ1n) is 10.1. The predicted molar refractivity (Wildman–Crippen MR) is 106 cm³/mol. The molecule has 2 atom stereocenters. The van der Waals surface area contributed by atoms with Crippen molar-refractivity contribution in [2.24, 2.45) is 0 Å². The highest BCUT2D eigenvalue weighted by Gasteiger charge is 2.50. The molecule has 2 aromatic rings. The van der Waals surface area contributed by atoms with Crippen LogP contribution < -0.4 is 5.32 Å². The second-order valence-corrected chi connectivity index (χ2v) is 8.54. The molecule has 5 nitrogen and oxygen atoms in total. The van der Waals surface area contributed by atoms with E-state index in [1.165, 1.54) is 0 Å². The summed E-state index contributed by atoms with van der Waals surface area (Å²) in [4.78, 5) is 19.0. The van der Waals surface area contributed by atoms with Crippen LogP contribution in [0, 0.1) is 11.3 Å². The van der Waals surface area contributed by atoms with Crippen LogP contribution in [0.2, 0.25) is 0 Å². The average molecular weight is 372 g/mol. The lowest BCUT2D eigenvalue weighted by atomic mass is 9.95. The summed E-state index contributed by atoms with van der Waals surface area (Å²) in [6.07, 6.45) is 6.46. The molecule has 1 N–H and O–H groups in total. The maximum absolute atomic E-state index is 12.6. The molecule has 0 radical (unpaired) electrons. The highest BCUT2D eigenvalue weighted by Crippen LogP contribution is 2.47. The number of amides is 1. The smallest absolute Gasteiger partial charge is 0.242 e. The van der Waals surface area contributed by atoms with Crippen molar-refractivity contribution in [2.45, 2.75) is 49.1 Å². The molecule has 1 aromatic heterocycles. The number of benzene rings is 1. The van der Waals surface area contributed by atoms with Crippen LogP contribution in [0.15, 0.2) is 42.6 Å². The fourth-order valence-electron chi connectivity index (χ4n) is 4.78. The Labute approximate surface area is 165 Å². The molecule has 1 amide bonds. The molecular formula is C23H24N4O. The van der Waals surface area contributed by atoms with Crippen LogP contribution >= 0.6 is 0 Å². The van der Waals surface area contributed by atoms with Gasteiger partial charge in [0.1, 0.15) is 5.54 Å². The third-order valence-corrected chi connectivity index (χ3v) is 6.81. The number of nitrogens with one attached hydrogen (secondary N) is 1. The van der Waals surface area contributed by atoms with Crippen LogP contribution in [0.25, 0.3) is 11.1 Å². The van der Waals surface area contributed by atoms with Gasteiger partial charge in [0.05, 0.1) is 23.2 Å². The maximum Gasteiger partial charge on any atom is 0.242 e. The molecule has 3 heterocycles. The topological polar surface area (TPSA) is 69.0 Å². The number of aromatic nitrogens is 1. The number of nitrogens with zero attached hydrogens (tertiary/aromatic N) is 3. The number of likely N-dealkylation sites (tertiary alicyclic amines) is 1. The molecule has 2 aliphatic heterocycles. The summed E-state index contributed by atoms with van der Waals surface area (Å²) in [6.45, 7) is 0.822. The summed E-state index contributed by atoms with van der Waals surface area (Å²) >= 11 is 0. The minimum Gasteiger partial charge on any atom is -0.344 e. The molecule has 3 aliphatic rings. The first-order chi connectivity index (χ1) is 13.6. The van der Waals surface area contributed by atoms with E-state index in [0.29, 0.717) is 0 Å². The summed E-state index contributed by atoms with van der Waals surface area (Å²) in [7, 11) is 1.88. The molecule has 28 heavy (non-hydrogen) atoms. The van der Waals surface area contributed by atoms with E-state index in [4.69, 9.17) is 0 Å². The molecule has 3 fully saturated rings. The zero-order valence-corrected chi connectivity index (χ0v) is 16.1. The van der Waals surface area contributed by atoms with Crippen LogP contribution in [-0.2, 0) is 10.2 Å². The molecule has 142 valence electrons. The Bertz CT molecular complexity index is 973. The number of pyridine rings is 1. The van der Waals surface area contributed by atoms with E-state index in [-0.39, 0.29) is 17.4 Å². The molecule has 2 unspecified atom stereocenters. The Balaban J connectivity index is 1.37. The molecule has 5 rings (SSSR count). The van der Waals surface area contributed by atoms with E-state index in [9.17, 15) is 10.1 Å². The predicted octanol–water partition coefficient (Wildman–Crippen LogP) is 3.33. The van der Waals surface area contributed by atoms with Gasteiger partial charge in [-0.3, -0.25) is 15.1 Å².